The van der Waals surface area contributed by atoms with Gasteiger partial charge in [0.05, 0.1) is 43.2 Å². The molecule has 31 heavy (non-hydrogen) atoms. The quantitative estimate of drug-likeness (QED) is 0.636. The monoisotopic (exact) mass is 439 g/mol. The van der Waals surface area contributed by atoms with Crippen LogP contribution in [-0.4, -0.2) is 42.3 Å². The highest BCUT2D eigenvalue weighted by molar-refractivity contribution is 8.01. The van der Waals surface area contributed by atoms with Crippen LogP contribution >= 0.6 is 11.8 Å². The summed E-state index contributed by atoms with van der Waals surface area (Å²) in [5.74, 6) is 2.71. The molecule has 0 unspecified atom stereocenters. The van der Waals surface area contributed by atoms with Crippen LogP contribution in [0.3, 0.4) is 0 Å². The molecule has 162 valence electrons. The molecule has 0 saturated carbocycles. The average molecular weight is 440 g/mol. The molecular formula is C23H25N3O4S. The summed E-state index contributed by atoms with van der Waals surface area (Å²) in [4.78, 5) is 12.8. The number of fused-ring (bicyclic) bond motifs is 1. The van der Waals surface area contributed by atoms with Gasteiger partial charge in [-0.15, -0.1) is 11.8 Å². The summed E-state index contributed by atoms with van der Waals surface area (Å²) in [5, 5.41) is 7.51. The number of amides is 1. The van der Waals surface area contributed by atoms with E-state index in [0.29, 0.717) is 17.3 Å². The third-order valence-corrected chi connectivity index (χ3v) is 6.75. The molecule has 2 aromatic carbocycles. The van der Waals surface area contributed by atoms with E-state index in [1.54, 1.807) is 37.8 Å². The molecule has 0 spiro atoms. The minimum Gasteiger partial charge on any atom is -0.497 e. The summed E-state index contributed by atoms with van der Waals surface area (Å²) in [7, 11) is 4.86. The highest BCUT2D eigenvalue weighted by Crippen LogP contribution is 2.47. The smallest absolute Gasteiger partial charge is 0.238 e. The van der Waals surface area contributed by atoms with Crippen LogP contribution in [0, 0.1) is 6.92 Å². The number of benzene rings is 2. The van der Waals surface area contributed by atoms with Crippen LogP contribution in [0.15, 0.2) is 42.5 Å². The normalized spacial score (nSPS) is 18.0. The largest absolute Gasteiger partial charge is 0.497 e. The molecule has 8 heteroatoms. The van der Waals surface area contributed by atoms with Gasteiger partial charge in [-0.2, -0.15) is 5.10 Å². The maximum Gasteiger partial charge on any atom is 0.238 e. The molecule has 0 fully saturated rings. The lowest BCUT2D eigenvalue weighted by atomic mass is 10.0. The average Bonchev–Trinajstić information content (AvgIpc) is 3.04. The van der Waals surface area contributed by atoms with E-state index in [4.69, 9.17) is 19.3 Å². The molecule has 4 rings (SSSR count). The number of aryl methyl sites for hydroxylation is 1. The maximum atomic E-state index is 12.8. The number of rotatable bonds is 5. The molecule has 1 aliphatic heterocycles. The molecule has 1 N–H and O–H groups in total. The molecule has 1 aromatic heterocycles. The molecule has 0 bridgehead atoms. The minimum atomic E-state index is -0.241. The maximum absolute atomic E-state index is 12.8. The van der Waals surface area contributed by atoms with E-state index in [0.717, 1.165) is 28.3 Å². The van der Waals surface area contributed by atoms with Gasteiger partial charge in [0.1, 0.15) is 11.6 Å². The van der Waals surface area contributed by atoms with E-state index in [1.807, 2.05) is 56.3 Å². The number of nitrogens with zero attached hydrogens (tertiary/aromatic N) is 2. The summed E-state index contributed by atoms with van der Waals surface area (Å²) in [6.07, 6.45) is 0. The van der Waals surface area contributed by atoms with Gasteiger partial charge in [0.15, 0.2) is 11.5 Å². The highest BCUT2D eigenvalue weighted by atomic mass is 32.2. The second kappa shape index (κ2) is 8.55. The Balaban J connectivity index is 1.86. The number of hydrogen-bond donors (Lipinski definition) is 1. The lowest BCUT2D eigenvalue weighted by Crippen LogP contribution is -2.22. The summed E-state index contributed by atoms with van der Waals surface area (Å²) in [5.41, 5.74) is 3.69. The molecule has 3 aromatic rings. The standard InChI is InChI=1S/C23H25N3O4S/c1-13-20-21(15-6-11-18(29-4)19(12-15)30-5)31-14(2)23(27)24-22(20)26(25-13)16-7-9-17(28-3)10-8-16/h6-12,14,21H,1-5H3,(H,24,27)/t14-,21+/m1/s1. The van der Waals surface area contributed by atoms with Crippen molar-refractivity contribution in [2.45, 2.75) is 24.3 Å². The SMILES string of the molecule is COc1ccc(-n2nc(C)c3c2NC(=O)[C@@H](C)S[C@H]3c2ccc(OC)c(OC)c2)cc1. The fourth-order valence-corrected chi connectivity index (χ4v) is 5.01. The van der Waals surface area contributed by atoms with Crippen LogP contribution in [-0.2, 0) is 4.79 Å². The molecule has 7 nitrogen and oxygen atoms in total. The third-order valence-electron chi connectivity index (χ3n) is 5.35. The number of methoxy groups -OCH3 is 3. The van der Waals surface area contributed by atoms with Gasteiger partial charge in [-0.3, -0.25) is 4.79 Å². The van der Waals surface area contributed by atoms with Gasteiger partial charge in [0.2, 0.25) is 5.91 Å². The number of carbonyl (C=O) groups is 1. The third kappa shape index (κ3) is 3.83. The van der Waals surface area contributed by atoms with Crippen LogP contribution < -0.4 is 19.5 Å². The first-order valence-corrected chi connectivity index (χ1v) is 10.8. The Bertz CT molecular complexity index is 1110. The van der Waals surface area contributed by atoms with Crippen LogP contribution in [0.2, 0.25) is 0 Å². The number of hydrogen-bond acceptors (Lipinski definition) is 6. The second-order valence-electron chi connectivity index (χ2n) is 7.22. The number of nitrogens with one attached hydrogen (secondary N) is 1. The summed E-state index contributed by atoms with van der Waals surface area (Å²) < 4.78 is 18.0. The van der Waals surface area contributed by atoms with Crippen molar-refractivity contribution in [2.24, 2.45) is 0 Å². The Labute approximate surface area is 185 Å². The first-order chi connectivity index (χ1) is 15.0. The molecule has 1 aliphatic rings. The number of carbonyl (C=O) groups excluding carboxylic acids is 1. The van der Waals surface area contributed by atoms with Crippen molar-refractivity contribution < 1.29 is 19.0 Å². The van der Waals surface area contributed by atoms with Gasteiger partial charge in [-0.05, 0) is 55.8 Å². The molecule has 0 aliphatic carbocycles. The number of thioether (sulfide) groups is 1. The molecule has 0 radical (unpaired) electrons. The Morgan fingerprint density at radius 1 is 1.00 bits per heavy atom. The minimum absolute atomic E-state index is 0.0520. The van der Waals surface area contributed by atoms with E-state index in [-0.39, 0.29) is 16.4 Å². The summed E-state index contributed by atoms with van der Waals surface area (Å²) in [6, 6.07) is 13.5. The van der Waals surface area contributed by atoms with Gasteiger partial charge in [0.25, 0.3) is 0 Å². The van der Waals surface area contributed by atoms with E-state index >= 15 is 0 Å². The Morgan fingerprint density at radius 2 is 1.71 bits per heavy atom. The van der Waals surface area contributed by atoms with Crippen molar-refractivity contribution in [2.75, 3.05) is 26.6 Å². The Hall–Kier alpha value is -3.13. The molecule has 2 heterocycles. The van der Waals surface area contributed by atoms with Gasteiger partial charge in [-0.25, -0.2) is 4.68 Å². The molecule has 1 amide bonds. The predicted molar refractivity (Wildman–Crippen MR) is 122 cm³/mol. The van der Waals surface area contributed by atoms with Gasteiger partial charge < -0.3 is 19.5 Å². The second-order valence-corrected chi connectivity index (χ2v) is 8.67. The summed E-state index contributed by atoms with van der Waals surface area (Å²) in [6.45, 7) is 3.88. The molecular weight excluding hydrogens is 414 g/mol. The van der Waals surface area contributed by atoms with E-state index in [2.05, 4.69) is 5.32 Å². The fraction of sp³-hybridized carbons (Fsp3) is 0.304. The fourth-order valence-electron chi connectivity index (χ4n) is 3.70. The predicted octanol–water partition coefficient (Wildman–Crippen LogP) is 4.37. The van der Waals surface area contributed by atoms with Crippen molar-refractivity contribution in [1.82, 2.24) is 9.78 Å². The van der Waals surface area contributed by atoms with Gasteiger partial charge in [-0.1, -0.05) is 6.07 Å². The van der Waals surface area contributed by atoms with Crippen molar-refractivity contribution in [3.63, 3.8) is 0 Å². The van der Waals surface area contributed by atoms with Crippen molar-refractivity contribution in [3.8, 4) is 22.9 Å². The van der Waals surface area contributed by atoms with Crippen LogP contribution in [0.25, 0.3) is 5.69 Å². The van der Waals surface area contributed by atoms with Crippen LogP contribution in [0.1, 0.15) is 29.0 Å². The number of aromatic nitrogens is 2. The Kier molecular flexibility index (Phi) is 5.82. The van der Waals surface area contributed by atoms with Crippen LogP contribution in [0.4, 0.5) is 5.82 Å². The first kappa shape index (κ1) is 21.1. The lowest BCUT2D eigenvalue weighted by Gasteiger charge is -2.19. The Morgan fingerprint density at radius 3 is 2.35 bits per heavy atom. The van der Waals surface area contributed by atoms with Crippen molar-refractivity contribution >= 4 is 23.5 Å². The van der Waals surface area contributed by atoms with E-state index < -0.39 is 0 Å². The van der Waals surface area contributed by atoms with E-state index in [9.17, 15) is 4.79 Å². The molecule has 0 saturated heterocycles. The van der Waals surface area contributed by atoms with Crippen molar-refractivity contribution in [1.29, 1.82) is 0 Å². The van der Waals surface area contributed by atoms with E-state index in [1.165, 1.54) is 0 Å². The first-order valence-electron chi connectivity index (χ1n) is 9.89. The topological polar surface area (TPSA) is 74.6 Å². The van der Waals surface area contributed by atoms with Crippen LogP contribution in [0.5, 0.6) is 17.2 Å². The molecule has 2 atom stereocenters. The number of anilines is 1. The number of ether oxygens (including phenoxy) is 3. The zero-order valence-corrected chi connectivity index (χ0v) is 18.9. The summed E-state index contributed by atoms with van der Waals surface area (Å²) >= 11 is 1.59. The lowest BCUT2D eigenvalue weighted by molar-refractivity contribution is -0.115. The van der Waals surface area contributed by atoms with Gasteiger partial charge in [0, 0.05) is 5.56 Å². The zero-order chi connectivity index (χ0) is 22.1. The zero-order valence-electron chi connectivity index (χ0n) is 18.1. The highest BCUT2D eigenvalue weighted by Gasteiger charge is 2.34. The van der Waals surface area contributed by atoms with Crippen molar-refractivity contribution in [3.05, 3.63) is 59.3 Å². The van der Waals surface area contributed by atoms with Gasteiger partial charge >= 0.3 is 0 Å².